The van der Waals surface area contributed by atoms with E-state index in [2.05, 4.69) is 22.2 Å². The third kappa shape index (κ3) is 10.2. The fourth-order valence-electron chi connectivity index (χ4n) is 7.05. The molecule has 0 spiro atoms. The number of thioether (sulfide) groups is 1. The number of anilines is 1. The van der Waals surface area contributed by atoms with Gasteiger partial charge in [0.1, 0.15) is 6.04 Å². The average molecular weight is 814 g/mol. The minimum atomic E-state index is -3.98. The zero-order chi connectivity index (χ0) is 40.5. The number of amides is 1. The zero-order valence-corrected chi connectivity index (χ0v) is 33.7. The summed E-state index contributed by atoms with van der Waals surface area (Å²) in [5.74, 6) is 0.0152. The first-order valence-corrected chi connectivity index (χ1v) is 21.7. The van der Waals surface area contributed by atoms with E-state index >= 15 is 0 Å². The zero-order valence-electron chi connectivity index (χ0n) is 32.1. The highest BCUT2D eigenvalue weighted by Gasteiger charge is 2.42. The molecule has 58 heavy (non-hydrogen) atoms. The van der Waals surface area contributed by atoms with E-state index in [1.807, 2.05) is 128 Å². The number of para-hydroxylation sites is 1. The SMILES string of the molecule is Cc1ccc(S(=O)(=O)N[C@H](Cc2ccccc2)C(=O)NCc2ccc(C3O[C@H](CSc4ccccc4N)[C@@H](c4ccccc4)[C@H](c4ccc(CO)cc4)O3)cc2)cc1. The molecule has 1 fully saturated rings. The van der Waals surface area contributed by atoms with Crippen LogP contribution in [0.3, 0.4) is 0 Å². The molecule has 6 aromatic rings. The first kappa shape index (κ1) is 40.9. The normalized spacial score (nSPS) is 18.7. The Kier molecular flexibility index (Phi) is 13.4. The van der Waals surface area contributed by atoms with E-state index in [-0.39, 0.29) is 42.6 Å². The standard InChI is InChI=1S/C47H47N3O6S2/c1-32-16-26-39(27-17-32)58(53,54)50-41(28-33-10-4-2-5-11-33)46(52)49-29-34-18-24-38(25-19-34)47-55-42(31-57-43-15-9-8-14-40(43)48)44(36-12-6-3-7-13-36)45(56-47)37-22-20-35(30-51)21-23-37/h2-27,41-42,44-45,47,50-51H,28-31,48H2,1H3,(H,49,52)/t41-,42-,44-,45+,47?/m1/s1. The molecule has 0 saturated carbocycles. The molecule has 11 heteroatoms. The molecule has 1 aliphatic rings. The van der Waals surface area contributed by atoms with Gasteiger partial charge in [-0.1, -0.05) is 139 Å². The lowest BCUT2D eigenvalue weighted by atomic mass is 9.84. The van der Waals surface area contributed by atoms with Gasteiger partial charge in [-0.3, -0.25) is 4.79 Å². The molecule has 6 aromatic carbocycles. The Balaban J connectivity index is 1.10. The van der Waals surface area contributed by atoms with Crippen LogP contribution in [0.2, 0.25) is 0 Å². The van der Waals surface area contributed by atoms with Gasteiger partial charge in [-0.15, -0.1) is 11.8 Å². The molecule has 0 aromatic heterocycles. The van der Waals surface area contributed by atoms with Crippen LogP contribution in [-0.4, -0.2) is 37.3 Å². The molecule has 1 saturated heterocycles. The van der Waals surface area contributed by atoms with Gasteiger partial charge in [0.15, 0.2) is 6.29 Å². The van der Waals surface area contributed by atoms with Crippen molar-refractivity contribution in [1.29, 1.82) is 0 Å². The Labute approximate surface area is 344 Å². The molecule has 0 bridgehead atoms. The number of hydrogen-bond acceptors (Lipinski definition) is 8. The third-order valence-corrected chi connectivity index (χ3v) is 12.9. The largest absolute Gasteiger partial charge is 0.398 e. The fraction of sp³-hybridized carbons (Fsp3) is 0.213. The number of aryl methyl sites for hydroxylation is 1. The summed E-state index contributed by atoms with van der Waals surface area (Å²) >= 11 is 1.65. The summed E-state index contributed by atoms with van der Waals surface area (Å²) in [5, 5.41) is 12.7. The van der Waals surface area contributed by atoms with E-state index < -0.39 is 28.3 Å². The monoisotopic (exact) mass is 813 g/mol. The number of aliphatic hydroxyl groups excluding tert-OH is 1. The molecule has 9 nitrogen and oxygen atoms in total. The number of sulfonamides is 1. The first-order chi connectivity index (χ1) is 28.2. The Morgan fingerprint density at radius 2 is 1.34 bits per heavy atom. The molecule has 1 amide bonds. The second kappa shape index (κ2) is 19.0. The first-order valence-electron chi connectivity index (χ1n) is 19.2. The summed E-state index contributed by atoms with van der Waals surface area (Å²) in [6, 6.07) is 48.4. The lowest BCUT2D eigenvalue weighted by molar-refractivity contribution is -0.255. The quantitative estimate of drug-likeness (QED) is 0.0605. The van der Waals surface area contributed by atoms with Crippen molar-refractivity contribution in [2.45, 2.75) is 66.7 Å². The van der Waals surface area contributed by atoms with Crippen LogP contribution in [0.25, 0.3) is 0 Å². The lowest BCUT2D eigenvalue weighted by Gasteiger charge is -2.43. The van der Waals surface area contributed by atoms with Crippen molar-refractivity contribution in [3.8, 4) is 0 Å². The molecule has 7 rings (SSSR count). The van der Waals surface area contributed by atoms with Gasteiger partial charge in [0, 0.05) is 34.4 Å². The molecular formula is C47H47N3O6S2. The maximum Gasteiger partial charge on any atom is 0.241 e. The molecule has 0 aliphatic carbocycles. The van der Waals surface area contributed by atoms with Gasteiger partial charge in [-0.2, -0.15) is 4.72 Å². The highest BCUT2D eigenvalue weighted by molar-refractivity contribution is 7.99. The maximum atomic E-state index is 13.7. The van der Waals surface area contributed by atoms with Crippen LogP contribution in [-0.2, 0) is 43.9 Å². The van der Waals surface area contributed by atoms with Crippen LogP contribution in [0, 0.1) is 6.92 Å². The third-order valence-electron chi connectivity index (χ3n) is 10.2. The predicted octanol–water partition coefficient (Wildman–Crippen LogP) is 8.01. The highest BCUT2D eigenvalue weighted by atomic mass is 32.2. The van der Waals surface area contributed by atoms with E-state index in [0.29, 0.717) is 11.4 Å². The lowest BCUT2D eigenvalue weighted by Crippen LogP contribution is -2.47. The molecule has 0 radical (unpaired) electrons. The Bertz CT molecular complexity index is 2360. The van der Waals surface area contributed by atoms with Crippen LogP contribution in [0.15, 0.2) is 168 Å². The number of carbonyl (C=O) groups excluding carboxylic acids is 1. The number of ether oxygens (including phenoxy) is 2. The van der Waals surface area contributed by atoms with Crippen molar-refractivity contribution in [3.05, 3.63) is 197 Å². The van der Waals surface area contributed by atoms with Gasteiger partial charge in [-0.05, 0) is 65.4 Å². The van der Waals surface area contributed by atoms with Gasteiger partial charge < -0.3 is 25.6 Å². The summed E-state index contributed by atoms with van der Waals surface area (Å²) < 4.78 is 43.1. The van der Waals surface area contributed by atoms with Crippen LogP contribution >= 0.6 is 11.8 Å². The topological polar surface area (TPSA) is 140 Å². The minimum Gasteiger partial charge on any atom is -0.398 e. The van der Waals surface area contributed by atoms with E-state index in [1.54, 1.807) is 23.9 Å². The number of nitrogens with two attached hydrogens (primary N) is 1. The van der Waals surface area contributed by atoms with Gasteiger partial charge in [0.2, 0.25) is 15.9 Å². The predicted molar refractivity (Wildman–Crippen MR) is 228 cm³/mol. The summed E-state index contributed by atoms with van der Waals surface area (Å²) in [5.41, 5.74) is 13.3. The number of benzene rings is 6. The van der Waals surface area contributed by atoms with Crippen LogP contribution in [0.4, 0.5) is 5.69 Å². The maximum absolute atomic E-state index is 13.7. The fourth-order valence-corrected chi connectivity index (χ4v) is 9.29. The molecule has 1 heterocycles. The van der Waals surface area contributed by atoms with Crippen molar-refractivity contribution < 1.29 is 27.8 Å². The summed E-state index contributed by atoms with van der Waals surface area (Å²) in [6.07, 6.45) is -1.19. The van der Waals surface area contributed by atoms with Crippen LogP contribution in [0.5, 0.6) is 0 Å². The molecule has 5 atom stereocenters. The summed E-state index contributed by atoms with van der Waals surface area (Å²) in [4.78, 5) is 14.7. The number of hydrogen-bond donors (Lipinski definition) is 4. The molecule has 1 aliphatic heterocycles. The van der Waals surface area contributed by atoms with Crippen molar-refractivity contribution in [3.63, 3.8) is 0 Å². The van der Waals surface area contributed by atoms with E-state index in [1.165, 1.54) is 12.1 Å². The van der Waals surface area contributed by atoms with Crippen LogP contribution < -0.4 is 15.8 Å². The van der Waals surface area contributed by atoms with Gasteiger partial charge in [0.25, 0.3) is 0 Å². The van der Waals surface area contributed by atoms with Crippen molar-refractivity contribution >= 4 is 33.4 Å². The molecular weight excluding hydrogens is 767 g/mol. The average Bonchev–Trinajstić information content (AvgIpc) is 3.25. The van der Waals surface area contributed by atoms with Gasteiger partial charge >= 0.3 is 0 Å². The van der Waals surface area contributed by atoms with Gasteiger partial charge in [-0.25, -0.2) is 8.42 Å². The molecule has 5 N–H and O–H groups in total. The minimum absolute atomic E-state index is 0.0546. The summed E-state index contributed by atoms with van der Waals surface area (Å²) in [7, 11) is -3.98. The van der Waals surface area contributed by atoms with Crippen molar-refractivity contribution in [1.82, 2.24) is 10.0 Å². The summed E-state index contributed by atoms with van der Waals surface area (Å²) in [6.45, 7) is 2.01. The molecule has 298 valence electrons. The second-order valence-corrected chi connectivity index (χ2v) is 17.2. The Hall–Kier alpha value is -5.27. The Morgan fingerprint density at radius 3 is 2.02 bits per heavy atom. The number of carbonyl (C=O) groups is 1. The van der Waals surface area contributed by atoms with Crippen molar-refractivity contribution in [2.75, 3.05) is 11.5 Å². The number of rotatable bonds is 15. The van der Waals surface area contributed by atoms with Crippen molar-refractivity contribution in [2.24, 2.45) is 0 Å². The van der Waals surface area contributed by atoms with E-state index in [0.717, 1.165) is 43.8 Å². The highest BCUT2D eigenvalue weighted by Crippen LogP contribution is 2.48. The number of aliphatic hydroxyl groups is 1. The van der Waals surface area contributed by atoms with E-state index in [4.69, 9.17) is 15.2 Å². The van der Waals surface area contributed by atoms with Crippen LogP contribution in [0.1, 0.15) is 57.3 Å². The molecule has 1 unspecified atom stereocenters. The van der Waals surface area contributed by atoms with Gasteiger partial charge in [0.05, 0.1) is 23.7 Å². The Morgan fingerprint density at radius 1 is 0.724 bits per heavy atom. The number of nitrogen functional groups attached to an aromatic ring is 1. The number of nitrogens with one attached hydrogen (secondary N) is 2. The second-order valence-electron chi connectivity index (χ2n) is 14.4. The smallest absolute Gasteiger partial charge is 0.241 e. The van der Waals surface area contributed by atoms with E-state index in [9.17, 15) is 18.3 Å².